The number of rotatable bonds is 6. The molecule has 20 heavy (non-hydrogen) atoms. The molecular weight excluding hydrogens is 250 g/mol. The minimum Gasteiger partial charge on any atom is -0.508 e. The average Bonchev–Trinajstić information content (AvgIpc) is 2.46. The Kier molecular flexibility index (Phi) is 5.02. The molecule has 2 rings (SSSR count). The van der Waals surface area contributed by atoms with Gasteiger partial charge in [0.05, 0.1) is 0 Å². The van der Waals surface area contributed by atoms with Crippen molar-refractivity contribution in [2.24, 2.45) is 5.73 Å². The molecule has 1 unspecified atom stereocenters. The maximum Gasteiger partial charge on any atom is 0.123 e. The van der Waals surface area contributed by atoms with Crippen LogP contribution in [0.2, 0.25) is 0 Å². The molecule has 2 aromatic carbocycles. The summed E-state index contributed by atoms with van der Waals surface area (Å²) in [5.74, 6) is 1.12. The number of aromatic hydroxyl groups is 1. The minimum atomic E-state index is 0.153. The first-order valence-electron chi connectivity index (χ1n) is 6.93. The van der Waals surface area contributed by atoms with E-state index < -0.39 is 0 Å². The van der Waals surface area contributed by atoms with Gasteiger partial charge in [-0.2, -0.15) is 0 Å². The summed E-state index contributed by atoms with van der Waals surface area (Å²) in [4.78, 5) is 0. The summed E-state index contributed by atoms with van der Waals surface area (Å²) in [5, 5.41) is 9.44. The molecule has 0 bridgehead atoms. The molecule has 0 aliphatic heterocycles. The lowest BCUT2D eigenvalue weighted by atomic mass is 10.0. The molecule has 3 N–H and O–H groups in total. The Bertz CT molecular complexity index is 554. The zero-order valence-electron chi connectivity index (χ0n) is 11.8. The molecule has 3 heteroatoms. The predicted molar refractivity (Wildman–Crippen MR) is 80.9 cm³/mol. The van der Waals surface area contributed by atoms with Gasteiger partial charge >= 0.3 is 0 Å². The molecule has 0 aromatic heterocycles. The van der Waals surface area contributed by atoms with Gasteiger partial charge in [-0.15, -0.1) is 0 Å². The van der Waals surface area contributed by atoms with E-state index in [1.54, 1.807) is 12.1 Å². The molecule has 0 saturated heterocycles. The number of benzene rings is 2. The molecular formula is C17H21NO2. The standard InChI is InChI=1S/C17H21NO2/c1-2-15(18)11-14-7-3-4-9-17(14)20-12-13-6-5-8-16(19)10-13/h3-10,15,19H,2,11-12,18H2,1H3. The molecule has 106 valence electrons. The van der Waals surface area contributed by atoms with Crippen LogP contribution in [0.1, 0.15) is 24.5 Å². The lowest BCUT2D eigenvalue weighted by Crippen LogP contribution is -2.21. The molecule has 0 aliphatic rings. The first-order chi connectivity index (χ1) is 9.69. The van der Waals surface area contributed by atoms with Gasteiger partial charge in [-0.3, -0.25) is 0 Å². The number of ether oxygens (including phenoxy) is 1. The van der Waals surface area contributed by atoms with E-state index in [0.29, 0.717) is 6.61 Å². The number of hydrogen-bond acceptors (Lipinski definition) is 3. The van der Waals surface area contributed by atoms with Crippen molar-refractivity contribution in [3.63, 3.8) is 0 Å². The van der Waals surface area contributed by atoms with E-state index in [4.69, 9.17) is 10.5 Å². The first-order valence-corrected chi connectivity index (χ1v) is 6.93. The Morgan fingerprint density at radius 1 is 1.15 bits per heavy atom. The van der Waals surface area contributed by atoms with Gasteiger partial charge in [-0.1, -0.05) is 37.3 Å². The lowest BCUT2D eigenvalue weighted by Gasteiger charge is -2.14. The van der Waals surface area contributed by atoms with E-state index in [1.165, 1.54) is 0 Å². The topological polar surface area (TPSA) is 55.5 Å². The van der Waals surface area contributed by atoms with Crippen molar-refractivity contribution >= 4 is 0 Å². The highest BCUT2D eigenvalue weighted by Crippen LogP contribution is 2.21. The van der Waals surface area contributed by atoms with Crippen LogP contribution in [0, 0.1) is 0 Å². The third kappa shape index (κ3) is 4.00. The van der Waals surface area contributed by atoms with Crippen molar-refractivity contribution in [3.05, 3.63) is 59.7 Å². The second-order valence-electron chi connectivity index (χ2n) is 4.94. The Morgan fingerprint density at radius 3 is 2.70 bits per heavy atom. The zero-order chi connectivity index (χ0) is 14.4. The second-order valence-corrected chi connectivity index (χ2v) is 4.94. The Morgan fingerprint density at radius 2 is 1.95 bits per heavy atom. The summed E-state index contributed by atoms with van der Waals surface area (Å²) in [5.41, 5.74) is 8.08. The Balaban J connectivity index is 2.05. The van der Waals surface area contributed by atoms with E-state index in [9.17, 15) is 5.11 Å². The van der Waals surface area contributed by atoms with Crippen molar-refractivity contribution < 1.29 is 9.84 Å². The number of para-hydroxylation sites is 1. The number of nitrogens with two attached hydrogens (primary N) is 1. The number of phenolic OH excluding ortho intramolecular Hbond substituents is 1. The molecule has 0 heterocycles. The predicted octanol–water partition coefficient (Wildman–Crippen LogP) is 3.25. The molecule has 0 fully saturated rings. The summed E-state index contributed by atoms with van der Waals surface area (Å²) in [6.07, 6.45) is 1.76. The fourth-order valence-electron chi connectivity index (χ4n) is 2.05. The quantitative estimate of drug-likeness (QED) is 0.848. The maximum atomic E-state index is 9.44. The monoisotopic (exact) mass is 271 g/mol. The minimum absolute atomic E-state index is 0.153. The highest BCUT2D eigenvalue weighted by atomic mass is 16.5. The maximum absolute atomic E-state index is 9.44. The third-order valence-corrected chi connectivity index (χ3v) is 3.28. The van der Waals surface area contributed by atoms with Gasteiger partial charge < -0.3 is 15.6 Å². The van der Waals surface area contributed by atoms with Gasteiger partial charge in [0.25, 0.3) is 0 Å². The number of phenols is 1. The normalized spacial score (nSPS) is 12.1. The summed E-state index contributed by atoms with van der Waals surface area (Å²) in [7, 11) is 0. The van der Waals surface area contributed by atoms with Crippen molar-refractivity contribution in [3.8, 4) is 11.5 Å². The zero-order valence-corrected chi connectivity index (χ0v) is 11.8. The fourth-order valence-corrected chi connectivity index (χ4v) is 2.05. The van der Waals surface area contributed by atoms with Gasteiger partial charge in [-0.25, -0.2) is 0 Å². The summed E-state index contributed by atoms with van der Waals surface area (Å²) < 4.78 is 5.86. The van der Waals surface area contributed by atoms with Crippen LogP contribution in [0.5, 0.6) is 11.5 Å². The van der Waals surface area contributed by atoms with E-state index >= 15 is 0 Å². The smallest absolute Gasteiger partial charge is 0.123 e. The van der Waals surface area contributed by atoms with Crippen LogP contribution in [0.4, 0.5) is 0 Å². The van der Waals surface area contributed by atoms with Gasteiger partial charge in [-0.05, 0) is 42.2 Å². The summed E-state index contributed by atoms with van der Waals surface area (Å²) in [6, 6.07) is 15.2. The van der Waals surface area contributed by atoms with Crippen LogP contribution in [-0.4, -0.2) is 11.1 Å². The Labute approximate surface area is 120 Å². The van der Waals surface area contributed by atoms with E-state index in [2.05, 4.69) is 6.92 Å². The van der Waals surface area contributed by atoms with Gasteiger partial charge in [0.2, 0.25) is 0 Å². The van der Waals surface area contributed by atoms with E-state index in [0.717, 1.165) is 29.7 Å². The van der Waals surface area contributed by atoms with Crippen LogP contribution in [0.15, 0.2) is 48.5 Å². The highest BCUT2D eigenvalue weighted by molar-refractivity contribution is 5.34. The highest BCUT2D eigenvalue weighted by Gasteiger charge is 2.07. The molecule has 3 nitrogen and oxygen atoms in total. The van der Waals surface area contributed by atoms with Gasteiger partial charge in [0, 0.05) is 6.04 Å². The second kappa shape index (κ2) is 6.96. The third-order valence-electron chi connectivity index (χ3n) is 3.28. The van der Waals surface area contributed by atoms with Crippen molar-refractivity contribution in [1.29, 1.82) is 0 Å². The van der Waals surface area contributed by atoms with Crippen molar-refractivity contribution in [2.75, 3.05) is 0 Å². The molecule has 1 atom stereocenters. The van der Waals surface area contributed by atoms with E-state index in [1.807, 2.05) is 36.4 Å². The van der Waals surface area contributed by atoms with Crippen LogP contribution in [0.3, 0.4) is 0 Å². The molecule has 0 amide bonds. The largest absolute Gasteiger partial charge is 0.508 e. The first kappa shape index (κ1) is 14.4. The van der Waals surface area contributed by atoms with Gasteiger partial charge in [0.1, 0.15) is 18.1 Å². The van der Waals surface area contributed by atoms with Gasteiger partial charge in [0.15, 0.2) is 0 Å². The van der Waals surface area contributed by atoms with Crippen LogP contribution >= 0.6 is 0 Å². The van der Waals surface area contributed by atoms with E-state index in [-0.39, 0.29) is 11.8 Å². The molecule has 0 spiro atoms. The summed E-state index contributed by atoms with van der Waals surface area (Å²) in [6.45, 7) is 2.52. The SMILES string of the molecule is CCC(N)Cc1ccccc1OCc1cccc(O)c1. The van der Waals surface area contributed by atoms with Crippen LogP contribution in [-0.2, 0) is 13.0 Å². The molecule has 0 radical (unpaired) electrons. The summed E-state index contributed by atoms with van der Waals surface area (Å²) >= 11 is 0. The average molecular weight is 271 g/mol. The molecule has 2 aromatic rings. The fraction of sp³-hybridized carbons (Fsp3) is 0.294. The van der Waals surface area contributed by atoms with Crippen LogP contribution in [0.25, 0.3) is 0 Å². The lowest BCUT2D eigenvalue weighted by molar-refractivity contribution is 0.301. The molecule has 0 saturated carbocycles. The molecule has 0 aliphatic carbocycles. The van der Waals surface area contributed by atoms with Crippen molar-refractivity contribution in [1.82, 2.24) is 0 Å². The number of hydrogen-bond donors (Lipinski definition) is 2. The van der Waals surface area contributed by atoms with Crippen LogP contribution < -0.4 is 10.5 Å². The Hall–Kier alpha value is -2.00. The van der Waals surface area contributed by atoms with Crippen molar-refractivity contribution in [2.45, 2.75) is 32.4 Å².